The smallest absolute Gasteiger partial charge is 0.150 e. The summed E-state index contributed by atoms with van der Waals surface area (Å²) in [5.41, 5.74) is 2.28. The zero-order valence-corrected chi connectivity index (χ0v) is 10.4. The van der Waals surface area contributed by atoms with E-state index in [1.54, 1.807) is 33.3 Å². The van der Waals surface area contributed by atoms with Crippen molar-refractivity contribution < 1.29 is 14.6 Å². The zero-order chi connectivity index (χ0) is 13.4. The van der Waals surface area contributed by atoms with Crippen LogP contribution in [0.4, 0.5) is 5.69 Å². The first-order chi connectivity index (χ1) is 8.01. The topological polar surface area (TPSA) is 58.9 Å². The standard InChI is InChI=1S/C11H11NO2.C2H6O/c1-7-4-10(8(2)14)11(12-3)5-9(7)6-13;1-3-2/h4-6,14H,2-3H2,1H3;1-2H3. The van der Waals surface area contributed by atoms with Gasteiger partial charge in [-0.1, -0.05) is 6.58 Å². The van der Waals surface area contributed by atoms with E-state index in [0.717, 1.165) is 11.8 Å². The highest BCUT2D eigenvalue weighted by Crippen LogP contribution is 2.26. The van der Waals surface area contributed by atoms with Crippen LogP contribution in [0.5, 0.6) is 0 Å². The average molecular weight is 235 g/mol. The molecule has 0 saturated heterocycles. The number of aliphatic hydroxyl groups excluding tert-OH is 1. The lowest BCUT2D eigenvalue weighted by atomic mass is 10.0. The number of carbonyl (C=O) groups is 1. The largest absolute Gasteiger partial charge is 0.508 e. The normalized spacial score (nSPS) is 8.88. The molecule has 0 saturated carbocycles. The number of aliphatic hydroxyl groups is 1. The lowest BCUT2D eigenvalue weighted by Crippen LogP contribution is -1.90. The number of aldehydes is 1. The molecule has 17 heavy (non-hydrogen) atoms. The van der Waals surface area contributed by atoms with Crippen LogP contribution in [0, 0.1) is 6.92 Å². The third-order valence-electron chi connectivity index (χ3n) is 1.99. The maximum Gasteiger partial charge on any atom is 0.150 e. The van der Waals surface area contributed by atoms with Gasteiger partial charge < -0.3 is 9.84 Å². The first-order valence-electron chi connectivity index (χ1n) is 4.86. The summed E-state index contributed by atoms with van der Waals surface area (Å²) in [6.45, 7) is 8.55. The molecule has 4 heteroatoms. The Labute approximate surface area is 101 Å². The summed E-state index contributed by atoms with van der Waals surface area (Å²) in [4.78, 5) is 14.3. The van der Waals surface area contributed by atoms with Crippen molar-refractivity contribution >= 4 is 24.5 Å². The Balaban J connectivity index is 0.000000770. The number of carbonyl (C=O) groups excluding carboxylic acids is 1. The van der Waals surface area contributed by atoms with Gasteiger partial charge in [-0.15, -0.1) is 0 Å². The average Bonchev–Trinajstić information content (AvgIpc) is 2.29. The Kier molecular flexibility index (Phi) is 6.51. The number of nitrogens with zero attached hydrogens (tertiary/aromatic N) is 1. The summed E-state index contributed by atoms with van der Waals surface area (Å²) in [6.07, 6.45) is 0.744. The Hall–Kier alpha value is -1.94. The Bertz CT molecular complexity index is 425. The SMILES string of the molecule is C=Nc1cc(C=O)c(C)cc1C(=C)O.COC. The van der Waals surface area contributed by atoms with E-state index in [9.17, 15) is 9.90 Å². The van der Waals surface area contributed by atoms with Crippen LogP contribution in [-0.2, 0) is 4.74 Å². The van der Waals surface area contributed by atoms with Gasteiger partial charge in [-0.25, -0.2) is 0 Å². The second-order valence-electron chi connectivity index (χ2n) is 3.36. The zero-order valence-electron chi connectivity index (χ0n) is 10.4. The van der Waals surface area contributed by atoms with Gasteiger partial charge in [0.25, 0.3) is 0 Å². The number of rotatable bonds is 3. The molecule has 0 aromatic heterocycles. The highest BCUT2D eigenvalue weighted by molar-refractivity contribution is 5.83. The molecule has 0 radical (unpaired) electrons. The third kappa shape index (κ3) is 4.20. The van der Waals surface area contributed by atoms with Crippen LogP contribution in [0.1, 0.15) is 21.5 Å². The van der Waals surface area contributed by atoms with Crippen LogP contribution in [0.15, 0.2) is 23.7 Å². The van der Waals surface area contributed by atoms with E-state index in [1.807, 2.05) is 0 Å². The molecule has 92 valence electrons. The molecule has 1 rings (SSSR count). The fourth-order valence-corrected chi connectivity index (χ4v) is 1.20. The van der Waals surface area contributed by atoms with Crippen molar-refractivity contribution in [3.8, 4) is 0 Å². The molecule has 0 heterocycles. The molecule has 0 aliphatic heterocycles. The van der Waals surface area contributed by atoms with Gasteiger partial charge in [-0.3, -0.25) is 9.79 Å². The van der Waals surface area contributed by atoms with Crippen molar-refractivity contribution in [2.24, 2.45) is 4.99 Å². The van der Waals surface area contributed by atoms with Gasteiger partial charge in [0.15, 0.2) is 0 Å². The molecular weight excluding hydrogens is 218 g/mol. The molecule has 1 aromatic carbocycles. The van der Waals surface area contributed by atoms with Crippen molar-refractivity contribution in [1.29, 1.82) is 0 Å². The van der Waals surface area contributed by atoms with Crippen molar-refractivity contribution in [3.05, 3.63) is 35.4 Å². The molecule has 0 aliphatic carbocycles. The minimum atomic E-state index is -0.0760. The van der Waals surface area contributed by atoms with Gasteiger partial charge in [-0.05, 0) is 31.3 Å². The van der Waals surface area contributed by atoms with Gasteiger partial charge in [-0.2, -0.15) is 0 Å². The third-order valence-corrected chi connectivity index (χ3v) is 1.99. The van der Waals surface area contributed by atoms with Crippen molar-refractivity contribution in [1.82, 2.24) is 0 Å². The minimum Gasteiger partial charge on any atom is -0.508 e. The van der Waals surface area contributed by atoms with E-state index >= 15 is 0 Å². The van der Waals surface area contributed by atoms with Crippen LogP contribution in [0.25, 0.3) is 5.76 Å². The summed E-state index contributed by atoms with van der Waals surface area (Å²) < 4.78 is 4.25. The molecule has 0 fully saturated rings. The number of benzene rings is 1. The maximum atomic E-state index is 10.6. The fourth-order valence-electron chi connectivity index (χ4n) is 1.20. The molecular formula is C13H17NO3. The van der Waals surface area contributed by atoms with Crippen LogP contribution in [0.3, 0.4) is 0 Å². The van der Waals surface area contributed by atoms with Gasteiger partial charge in [0.1, 0.15) is 12.0 Å². The predicted molar refractivity (Wildman–Crippen MR) is 70.4 cm³/mol. The second kappa shape index (κ2) is 7.35. The second-order valence-corrected chi connectivity index (χ2v) is 3.36. The van der Waals surface area contributed by atoms with E-state index in [1.165, 1.54) is 0 Å². The van der Waals surface area contributed by atoms with E-state index in [2.05, 4.69) is 23.0 Å². The van der Waals surface area contributed by atoms with Crippen molar-refractivity contribution in [2.75, 3.05) is 14.2 Å². The molecule has 4 nitrogen and oxygen atoms in total. The fraction of sp³-hybridized carbons (Fsp3) is 0.231. The molecule has 0 unspecified atom stereocenters. The van der Waals surface area contributed by atoms with Crippen molar-refractivity contribution in [2.45, 2.75) is 6.92 Å². The van der Waals surface area contributed by atoms with Gasteiger partial charge in [0.2, 0.25) is 0 Å². The summed E-state index contributed by atoms with van der Waals surface area (Å²) >= 11 is 0. The van der Waals surface area contributed by atoms with Gasteiger partial charge in [0.05, 0.1) is 5.69 Å². The van der Waals surface area contributed by atoms with E-state index in [0.29, 0.717) is 16.8 Å². The van der Waals surface area contributed by atoms with E-state index < -0.39 is 0 Å². The Morgan fingerprint density at radius 1 is 1.47 bits per heavy atom. The first-order valence-corrected chi connectivity index (χ1v) is 4.86. The first kappa shape index (κ1) is 15.1. The molecule has 0 bridgehead atoms. The molecule has 0 aliphatic rings. The number of hydrogen-bond acceptors (Lipinski definition) is 4. The molecule has 1 N–H and O–H groups in total. The summed E-state index contributed by atoms with van der Waals surface area (Å²) in [7, 11) is 3.25. The molecule has 1 aromatic rings. The predicted octanol–water partition coefficient (Wildman–Crippen LogP) is 2.93. The molecule has 0 spiro atoms. The van der Waals surface area contributed by atoms with E-state index in [4.69, 9.17) is 0 Å². The number of hydrogen-bond donors (Lipinski definition) is 1. The Morgan fingerprint density at radius 2 is 2.00 bits per heavy atom. The number of methoxy groups -OCH3 is 1. The summed E-state index contributed by atoms with van der Waals surface area (Å²) in [6, 6.07) is 3.24. The van der Waals surface area contributed by atoms with Gasteiger partial charge >= 0.3 is 0 Å². The summed E-state index contributed by atoms with van der Waals surface area (Å²) in [5.74, 6) is -0.0760. The Morgan fingerprint density at radius 3 is 2.35 bits per heavy atom. The van der Waals surface area contributed by atoms with Crippen LogP contribution in [0.2, 0.25) is 0 Å². The van der Waals surface area contributed by atoms with E-state index in [-0.39, 0.29) is 5.76 Å². The minimum absolute atomic E-state index is 0.0760. The number of aryl methyl sites for hydroxylation is 1. The molecule has 0 atom stereocenters. The summed E-state index contributed by atoms with van der Waals surface area (Å²) in [5, 5.41) is 9.25. The molecule has 0 amide bonds. The van der Waals surface area contributed by atoms with Crippen LogP contribution < -0.4 is 0 Å². The maximum absolute atomic E-state index is 10.6. The monoisotopic (exact) mass is 235 g/mol. The highest BCUT2D eigenvalue weighted by Gasteiger charge is 2.07. The number of aliphatic imine (C=N–C) groups is 1. The highest BCUT2D eigenvalue weighted by atomic mass is 16.4. The quantitative estimate of drug-likeness (QED) is 0.498. The lowest BCUT2D eigenvalue weighted by molar-refractivity contribution is 0.112. The van der Waals surface area contributed by atoms with Crippen LogP contribution in [-0.4, -0.2) is 32.3 Å². The van der Waals surface area contributed by atoms with Crippen molar-refractivity contribution in [3.63, 3.8) is 0 Å². The van der Waals surface area contributed by atoms with Crippen LogP contribution >= 0.6 is 0 Å². The van der Waals surface area contributed by atoms with Gasteiger partial charge in [0, 0.05) is 25.3 Å². The number of ether oxygens (including phenoxy) is 1. The lowest BCUT2D eigenvalue weighted by Gasteiger charge is -2.06.